The van der Waals surface area contributed by atoms with Gasteiger partial charge in [0.15, 0.2) is 0 Å². The molecule has 156 valence electrons. The maximum absolute atomic E-state index is 13.6. The third kappa shape index (κ3) is 4.03. The molecule has 6 nitrogen and oxygen atoms in total. The Morgan fingerprint density at radius 1 is 1.10 bits per heavy atom. The Balaban J connectivity index is 1.46. The molecule has 1 amide bonds. The topological polar surface area (TPSA) is 72.1 Å². The highest BCUT2D eigenvalue weighted by Gasteiger charge is 2.35. The van der Waals surface area contributed by atoms with E-state index in [1.807, 2.05) is 55.1 Å². The minimum absolute atomic E-state index is 0.0326. The van der Waals surface area contributed by atoms with Crippen LogP contribution in [0.15, 0.2) is 52.9 Å². The summed E-state index contributed by atoms with van der Waals surface area (Å²) in [5.41, 5.74) is 4.19. The normalized spacial score (nSPS) is 13.5. The van der Waals surface area contributed by atoms with Crippen LogP contribution in [0.25, 0.3) is 22.4 Å². The van der Waals surface area contributed by atoms with Crippen molar-refractivity contribution in [3.05, 3.63) is 76.3 Å². The number of nitrogens with zero attached hydrogens (tertiary/aromatic N) is 4. The van der Waals surface area contributed by atoms with E-state index in [-0.39, 0.29) is 18.5 Å². The molecule has 7 heteroatoms. The summed E-state index contributed by atoms with van der Waals surface area (Å²) in [6.07, 6.45) is 1.95. The lowest BCUT2D eigenvalue weighted by Crippen LogP contribution is -2.33. The summed E-state index contributed by atoms with van der Waals surface area (Å²) in [4.78, 5) is 20.0. The molecule has 2 aromatic carbocycles. The number of hydrogen-bond donors (Lipinski definition) is 0. The van der Waals surface area contributed by atoms with Gasteiger partial charge in [0.25, 0.3) is 5.91 Å². The number of hydrogen-bond acceptors (Lipinski definition) is 5. The number of carbonyl (C=O) groups is 1. The van der Waals surface area contributed by atoms with Crippen LogP contribution in [0.3, 0.4) is 0 Å². The molecule has 2 aromatic heterocycles. The molecule has 1 saturated carbocycles. The third-order valence-corrected chi connectivity index (χ3v) is 5.69. The van der Waals surface area contributed by atoms with Crippen LogP contribution in [-0.2, 0) is 6.54 Å². The van der Waals surface area contributed by atoms with E-state index in [1.165, 1.54) is 0 Å². The van der Waals surface area contributed by atoms with E-state index in [4.69, 9.17) is 16.0 Å². The molecule has 1 aliphatic rings. The summed E-state index contributed by atoms with van der Waals surface area (Å²) in [6, 6.07) is 15.3. The first-order chi connectivity index (χ1) is 15.0. The Morgan fingerprint density at radius 3 is 2.61 bits per heavy atom. The van der Waals surface area contributed by atoms with E-state index in [1.54, 1.807) is 12.1 Å². The largest absolute Gasteiger partial charge is 0.419 e. The quantitative estimate of drug-likeness (QED) is 0.424. The predicted octanol–water partition coefficient (Wildman–Crippen LogP) is 5.36. The molecule has 0 spiro atoms. The van der Waals surface area contributed by atoms with Crippen LogP contribution in [0.2, 0.25) is 5.02 Å². The number of fused-ring (bicyclic) bond motifs is 1. The summed E-state index contributed by atoms with van der Waals surface area (Å²) in [5.74, 6) is 0.794. The Hall–Kier alpha value is -3.25. The Labute approximate surface area is 184 Å². The number of halogens is 1. The molecule has 4 aromatic rings. The van der Waals surface area contributed by atoms with E-state index < -0.39 is 0 Å². The summed E-state index contributed by atoms with van der Waals surface area (Å²) in [5, 5.41) is 9.84. The number of rotatable bonds is 5. The van der Waals surface area contributed by atoms with Gasteiger partial charge in [0, 0.05) is 27.7 Å². The van der Waals surface area contributed by atoms with Crippen LogP contribution in [0, 0.1) is 13.8 Å². The van der Waals surface area contributed by atoms with E-state index in [0.717, 1.165) is 40.6 Å². The lowest BCUT2D eigenvalue weighted by Gasteiger charge is -2.21. The Morgan fingerprint density at radius 2 is 1.87 bits per heavy atom. The van der Waals surface area contributed by atoms with Crippen molar-refractivity contribution in [1.82, 2.24) is 20.1 Å². The summed E-state index contributed by atoms with van der Waals surface area (Å²) >= 11 is 5.96. The van der Waals surface area contributed by atoms with Crippen LogP contribution >= 0.6 is 11.6 Å². The van der Waals surface area contributed by atoms with Crippen LogP contribution in [0.4, 0.5) is 0 Å². The zero-order chi connectivity index (χ0) is 21.5. The van der Waals surface area contributed by atoms with Gasteiger partial charge in [-0.2, -0.15) is 0 Å². The first-order valence-corrected chi connectivity index (χ1v) is 10.6. The van der Waals surface area contributed by atoms with Crippen molar-refractivity contribution in [3.8, 4) is 11.5 Å². The highest BCUT2D eigenvalue weighted by atomic mass is 35.5. The van der Waals surface area contributed by atoms with Gasteiger partial charge in [-0.05, 0) is 69.2 Å². The molecule has 0 atom stereocenters. The molecule has 1 fully saturated rings. The van der Waals surface area contributed by atoms with E-state index >= 15 is 0 Å². The molecule has 2 heterocycles. The van der Waals surface area contributed by atoms with Crippen LogP contribution in [-0.4, -0.2) is 32.0 Å². The first-order valence-electron chi connectivity index (χ1n) is 10.3. The van der Waals surface area contributed by atoms with Crippen molar-refractivity contribution >= 4 is 28.4 Å². The molecule has 0 unspecified atom stereocenters. The Bertz CT molecular complexity index is 1280. The first kappa shape index (κ1) is 19.7. The number of amides is 1. The number of pyridine rings is 1. The third-order valence-electron chi connectivity index (χ3n) is 5.43. The molecule has 0 aliphatic heterocycles. The number of benzene rings is 2. The fourth-order valence-corrected chi connectivity index (χ4v) is 3.85. The van der Waals surface area contributed by atoms with Crippen molar-refractivity contribution < 1.29 is 9.21 Å². The van der Waals surface area contributed by atoms with E-state index in [9.17, 15) is 4.79 Å². The molecule has 0 N–H and O–H groups in total. The molecule has 0 radical (unpaired) electrons. The highest BCUT2D eigenvalue weighted by molar-refractivity contribution is 6.30. The molecule has 5 rings (SSSR count). The molecule has 1 aliphatic carbocycles. The second kappa shape index (κ2) is 7.78. The fraction of sp³-hybridized carbons (Fsp3) is 0.250. The SMILES string of the molecule is Cc1ccc2nc(C)cc(C(=O)N(Cc3nnc(-c4ccc(Cl)cc4)o3)C3CC3)c2c1. The van der Waals surface area contributed by atoms with Gasteiger partial charge in [-0.15, -0.1) is 10.2 Å². The molecule has 31 heavy (non-hydrogen) atoms. The minimum Gasteiger partial charge on any atom is -0.419 e. The molecule has 0 saturated heterocycles. The monoisotopic (exact) mass is 432 g/mol. The maximum atomic E-state index is 13.6. The molecule has 0 bridgehead atoms. The van der Waals surface area contributed by atoms with Crippen LogP contribution in [0.5, 0.6) is 0 Å². The van der Waals surface area contributed by atoms with Gasteiger partial charge in [-0.1, -0.05) is 23.2 Å². The van der Waals surface area contributed by atoms with Crippen LogP contribution in [0.1, 0.15) is 40.3 Å². The standard InChI is InChI=1S/C24H21ClN4O2/c1-14-3-10-21-19(11-14)20(12-15(2)26-21)24(30)29(18-8-9-18)13-22-27-28-23(31-22)16-4-6-17(25)7-5-16/h3-7,10-12,18H,8-9,13H2,1-2H3. The zero-order valence-corrected chi connectivity index (χ0v) is 18.1. The molecular weight excluding hydrogens is 412 g/mol. The second-order valence-electron chi connectivity index (χ2n) is 8.00. The van der Waals surface area contributed by atoms with Gasteiger partial charge in [0.2, 0.25) is 11.8 Å². The summed E-state index contributed by atoms with van der Waals surface area (Å²) in [7, 11) is 0. The van der Waals surface area contributed by atoms with Crippen molar-refractivity contribution in [1.29, 1.82) is 0 Å². The minimum atomic E-state index is -0.0326. The smallest absolute Gasteiger partial charge is 0.255 e. The number of aryl methyl sites for hydroxylation is 2. The summed E-state index contributed by atoms with van der Waals surface area (Å²) in [6.45, 7) is 4.20. The molecular formula is C24H21ClN4O2. The van der Waals surface area contributed by atoms with Gasteiger partial charge < -0.3 is 9.32 Å². The van der Waals surface area contributed by atoms with E-state index in [2.05, 4.69) is 15.2 Å². The van der Waals surface area contributed by atoms with Crippen molar-refractivity contribution in [2.75, 3.05) is 0 Å². The maximum Gasteiger partial charge on any atom is 0.255 e. The lowest BCUT2D eigenvalue weighted by molar-refractivity contribution is 0.0716. The van der Waals surface area contributed by atoms with Gasteiger partial charge in [-0.3, -0.25) is 9.78 Å². The van der Waals surface area contributed by atoms with Gasteiger partial charge in [0.05, 0.1) is 17.6 Å². The fourth-order valence-electron chi connectivity index (χ4n) is 3.73. The highest BCUT2D eigenvalue weighted by Crippen LogP contribution is 2.32. The van der Waals surface area contributed by atoms with Crippen molar-refractivity contribution in [2.45, 2.75) is 39.3 Å². The van der Waals surface area contributed by atoms with E-state index in [0.29, 0.717) is 22.4 Å². The van der Waals surface area contributed by atoms with Crippen LogP contribution < -0.4 is 0 Å². The van der Waals surface area contributed by atoms with Gasteiger partial charge >= 0.3 is 0 Å². The average Bonchev–Trinajstić information content (AvgIpc) is 3.49. The Kier molecular flexibility index (Phi) is 4.94. The number of aromatic nitrogens is 3. The van der Waals surface area contributed by atoms with Crippen molar-refractivity contribution in [2.24, 2.45) is 0 Å². The van der Waals surface area contributed by atoms with Gasteiger partial charge in [0.1, 0.15) is 0 Å². The van der Waals surface area contributed by atoms with Gasteiger partial charge in [-0.25, -0.2) is 0 Å². The average molecular weight is 433 g/mol. The lowest BCUT2D eigenvalue weighted by atomic mass is 10.0. The zero-order valence-electron chi connectivity index (χ0n) is 17.3. The predicted molar refractivity (Wildman–Crippen MR) is 119 cm³/mol. The second-order valence-corrected chi connectivity index (χ2v) is 8.44. The summed E-state index contributed by atoms with van der Waals surface area (Å²) < 4.78 is 5.86. The number of carbonyl (C=O) groups excluding carboxylic acids is 1. The van der Waals surface area contributed by atoms with Crippen molar-refractivity contribution in [3.63, 3.8) is 0 Å².